The second-order valence-corrected chi connectivity index (χ2v) is 4.63. The Morgan fingerprint density at radius 2 is 1.75 bits per heavy atom. The molecule has 2 saturated carbocycles. The van der Waals surface area contributed by atoms with Crippen molar-refractivity contribution in [1.82, 2.24) is 0 Å². The molecule has 0 aromatic carbocycles. The van der Waals surface area contributed by atoms with Crippen molar-refractivity contribution < 1.29 is 14.9 Å². The molecule has 2 aliphatic carbocycles. The first kappa shape index (κ1) is 7.30. The van der Waals surface area contributed by atoms with E-state index >= 15 is 0 Å². The molecule has 3 heteroatoms. The summed E-state index contributed by atoms with van der Waals surface area (Å²) in [6.07, 6.45) is 3.71. The Morgan fingerprint density at radius 3 is 2.25 bits per heavy atom. The molecule has 3 rings (SSSR count). The van der Waals surface area contributed by atoms with E-state index in [9.17, 15) is 10.2 Å². The molecule has 1 unspecified atom stereocenters. The van der Waals surface area contributed by atoms with Crippen LogP contribution in [0.4, 0.5) is 0 Å². The second-order valence-electron chi connectivity index (χ2n) is 4.63. The molecule has 3 nitrogen and oxygen atoms in total. The van der Waals surface area contributed by atoms with Crippen LogP contribution in [0.3, 0.4) is 0 Å². The smallest absolute Gasteiger partial charge is 0.0999 e. The molecule has 1 heterocycles. The summed E-state index contributed by atoms with van der Waals surface area (Å²) in [5.41, 5.74) is -0.372. The highest BCUT2D eigenvalue weighted by Crippen LogP contribution is 2.58. The van der Waals surface area contributed by atoms with Gasteiger partial charge in [0.2, 0.25) is 0 Å². The van der Waals surface area contributed by atoms with E-state index in [-0.39, 0.29) is 23.4 Å². The Balaban J connectivity index is 1.81. The van der Waals surface area contributed by atoms with Crippen LogP contribution in [0.1, 0.15) is 32.1 Å². The Labute approximate surface area is 71.3 Å². The van der Waals surface area contributed by atoms with Gasteiger partial charge in [-0.1, -0.05) is 0 Å². The van der Waals surface area contributed by atoms with E-state index in [0.29, 0.717) is 6.42 Å². The lowest BCUT2D eigenvalue weighted by molar-refractivity contribution is -0.140. The predicted molar refractivity (Wildman–Crippen MR) is 41.6 cm³/mol. The van der Waals surface area contributed by atoms with E-state index < -0.39 is 0 Å². The Bertz CT molecular complexity index is 224. The van der Waals surface area contributed by atoms with Crippen LogP contribution in [0.5, 0.6) is 0 Å². The molecular formula is C9H14O3. The molecule has 68 valence electrons. The van der Waals surface area contributed by atoms with Gasteiger partial charge in [-0.3, -0.25) is 0 Å². The van der Waals surface area contributed by atoms with Crippen molar-refractivity contribution in [2.24, 2.45) is 0 Å². The zero-order valence-corrected chi connectivity index (χ0v) is 6.99. The van der Waals surface area contributed by atoms with E-state index in [1.807, 2.05) is 0 Å². The topological polar surface area (TPSA) is 49.7 Å². The van der Waals surface area contributed by atoms with Crippen LogP contribution >= 0.6 is 0 Å². The van der Waals surface area contributed by atoms with Crippen molar-refractivity contribution in [3.8, 4) is 0 Å². The molecule has 2 N–H and O–H groups in total. The van der Waals surface area contributed by atoms with Gasteiger partial charge in [0.05, 0.1) is 23.4 Å². The van der Waals surface area contributed by atoms with Gasteiger partial charge in [0, 0.05) is 19.3 Å². The molecule has 0 amide bonds. The third-order valence-electron chi connectivity index (χ3n) is 3.40. The number of rotatable bonds is 0. The van der Waals surface area contributed by atoms with Crippen LogP contribution in [-0.2, 0) is 4.74 Å². The minimum atomic E-state index is -0.339. The molecule has 3 atom stereocenters. The summed E-state index contributed by atoms with van der Waals surface area (Å²) in [6.45, 7) is 0. The largest absolute Gasteiger partial charge is 0.393 e. The van der Waals surface area contributed by atoms with Gasteiger partial charge in [0.15, 0.2) is 0 Å². The van der Waals surface area contributed by atoms with Crippen molar-refractivity contribution in [2.45, 2.75) is 55.5 Å². The summed E-state index contributed by atoms with van der Waals surface area (Å²) in [6, 6.07) is 0. The molecule has 0 bridgehead atoms. The average molecular weight is 170 g/mol. The molecule has 0 aromatic rings. The summed E-state index contributed by atoms with van der Waals surface area (Å²) in [5.74, 6) is 0. The summed E-state index contributed by atoms with van der Waals surface area (Å²) in [5, 5.41) is 19.0. The molecule has 0 radical (unpaired) electrons. The fourth-order valence-electron chi connectivity index (χ4n) is 2.46. The maximum atomic E-state index is 9.59. The first-order chi connectivity index (χ1) is 5.64. The normalized spacial score (nSPS) is 54.5. The standard InChI is InChI=1S/C9H14O3/c10-6-3-8(1-2-8)12-9(4-6)5-7(9)11/h6-7,10-11H,1-5H2/t6-,7?,9+/m0/s1. The highest BCUT2D eigenvalue weighted by molar-refractivity contribution is 5.15. The van der Waals surface area contributed by atoms with Gasteiger partial charge >= 0.3 is 0 Å². The number of ether oxygens (including phenoxy) is 1. The lowest BCUT2D eigenvalue weighted by Crippen LogP contribution is -2.40. The summed E-state index contributed by atoms with van der Waals surface area (Å²) in [4.78, 5) is 0. The lowest BCUT2D eigenvalue weighted by atomic mass is 9.98. The average Bonchev–Trinajstić information content (AvgIpc) is 2.78. The second kappa shape index (κ2) is 1.86. The van der Waals surface area contributed by atoms with Crippen molar-refractivity contribution in [1.29, 1.82) is 0 Å². The van der Waals surface area contributed by atoms with Gasteiger partial charge in [-0.05, 0) is 12.8 Å². The minimum absolute atomic E-state index is 0.0326. The van der Waals surface area contributed by atoms with Gasteiger partial charge < -0.3 is 14.9 Å². The van der Waals surface area contributed by atoms with E-state index in [4.69, 9.17) is 4.74 Å². The fraction of sp³-hybridized carbons (Fsp3) is 1.00. The number of hydrogen-bond acceptors (Lipinski definition) is 3. The monoisotopic (exact) mass is 170 g/mol. The van der Waals surface area contributed by atoms with Gasteiger partial charge in [-0.15, -0.1) is 0 Å². The maximum absolute atomic E-state index is 9.59. The molecule has 2 spiro atoms. The highest BCUT2D eigenvalue weighted by Gasteiger charge is 2.65. The zero-order chi connectivity index (χ0) is 8.40. The quantitative estimate of drug-likeness (QED) is 0.545. The highest BCUT2D eigenvalue weighted by atomic mass is 16.6. The Kier molecular flexibility index (Phi) is 1.13. The number of aliphatic hydroxyl groups is 2. The van der Waals surface area contributed by atoms with Gasteiger partial charge in [0.25, 0.3) is 0 Å². The SMILES string of the molecule is OC1C[C@]12C[C@@H](O)CC1(CC1)O2. The minimum Gasteiger partial charge on any atom is -0.393 e. The molecule has 3 aliphatic rings. The van der Waals surface area contributed by atoms with Crippen molar-refractivity contribution in [3.63, 3.8) is 0 Å². The predicted octanol–water partition coefficient (Wildman–Crippen LogP) is 0.194. The molecular weight excluding hydrogens is 156 g/mol. The maximum Gasteiger partial charge on any atom is 0.0999 e. The zero-order valence-electron chi connectivity index (χ0n) is 6.99. The summed E-state index contributed by atoms with van der Waals surface area (Å²) in [7, 11) is 0. The molecule has 1 saturated heterocycles. The van der Waals surface area contributed by atoms with Crippen LogP contribution in [0.2, 0.25) is 0 Å². The number of hydrogen-bond donors (Lipinski definition) is 2. The molecule has 3 fully saturated rings. The number of aliphatic hydroxyl groups excluding tert-OH is 2. The van der Waals surface area contributed by atoms with E-state index in [1.54, 1.807) is 0 Å². The van der Waals surface area contributed by atoms with E-state index in [0.717, 1.165) is 25.7 Å². The molecule has 1 aliphatic heterocycles. The Hall–Kier alpha value is -0.120. The van der Waals surface area contributed by atoms with Gasteiger partial charge in [-0.25, -0.2) is 0 Å². The van der Waals surface area contributed by atoms with Crippen molar-refractivity contribution in [2.75, 3.05) is 0 Å². The van der Waals surface area contributed by atoms with Gasteiger partial charge in [-0.2, -0.15) is 0 Å². The lowest BCUT2D eigenvalue weighted by Gasteiger charge is -2.34. The molecule has 12 heavy (non-hydrogen) atoms. The van der Waals surface area contributed by atoms with Crippen LogP contribution in [0, 0.1) is 0 Å². The van der Waals surface area contributed by atoms with E-state index in [2.05, 4.69) is 0 Å². The fourth-order valence-corrected chi connectivity index (χ4v) is 2.46. The van der Waals surface area contributed by atoms with Gasteiger partial charge in [0.1, 0.15) is 0 Å². The molecule has 0 aromatic heterocycles. The van der Waals surface area contributed by atoms with Crippen LogP contribution in [0.15, 0.2) is 0 Å². The Morgan fingerprint density at radius 1 is 1.08 bits per heavy atom. The van der Waals surface area contributed by atoms with Crippen LogP contribution in [0.25, 0.3) is 0 Å². The summed E-state index contributed by atoms with van der Waals surface area (Å²) < 4.78 is 5.86. The third kappa shape index (κ3) is 0.873. The van der Waals surface area contributed by atoms with Crippen molar-refractivity contribution >= 4 is 0 Å². The first-order valence-corrected chi connectivity index (χ1v) is 4.71. The van der Waals surface area contributed by atoms with Crippen molar-refractivity contribution in [3.05, 3.63) is 0 Å². The third-order valence-corrected chi connectivity index (χ3v) is 3.40. The van der Waals surface area contributed by atoms with Crippen LogP contribution in [-0.4, -0.2) is 33.6 Å². The first-order valence-electron chi connectivity index (χ1n) is 4.71. The van der Waals surface area contributed by atoms with E-state index in [1.165, 1.54) is 0 Å². The van der Waals surface area contributed by atoms with Crippen LogP contribution < -0.4 is 0 Å². The summed E-state index contributed by atoms with van der Waals surface area (Å²) >= 11 is 0.